The van der Waals surface area contributed by atoms with Gasteiger partial charge in [-0.3, -0.25) is 4.79 Å². The van der Waals surface area contributed by atoms with E-state index >= 15 is 0 Å². The summed E-state index contributed by atoms with van der Waals surface area (Å²) in [5.74, 6) is 1.84. The second-order valence-corrected chi connectivity index (χ2v) is 5.62. The van der Waals surface area contributed by atoms with E-state index < -0.39 is 0 Å². The Hall–Kier alpha value is -0.570. The third kappa shape index (κ3) is 4.97. The normalized spacial score (nSPS) is 18.9. The zero-order valence-electron chi connectivity index (χ0n) is 12.2. The molecule has 1 amide bonds. The van der Waals surface area contributed by atoms with Crippen molar-refractivity contribution in [1.82, 2.24) is 4.90 Å². The maximum atomic E-state index is 12.1. The molecule has 3 nitrogen and oxygen atoms in total. The minimum Gasteiger partial charge on any atom is -0.343 e. The summed E-state index contributed by atoms with van der Waals surface area (Å²) in [5.41, 5.74) is 5.59. The number of amides is 1. The third-order valence-electron chi connectivity index (χ3n) is 4.46. The van der Waals surface area contributed by atoms with Gasteiger partial charge in [-0.15, -0.1) is 0 Å². The molecule has 0 aromatic carbocycles. The monoisotopic (exact) mass is 254 g/mol. The van der Waals surface area contributed by atoms with Crippen molar-refractivity contribution in [2.75, 3.05) is 19.6 Å². The van der Waals surface area contributed by atoms with Crippen LogP contribution in [0.2, 0.25) is 0 Å². The SMILES string of the molecule is CCC(CCN)CCC(=O)N1CCC(CC)CC1. The number of carbonyl (C=O) groups excluding carboxylic acids is 1. The van der Waals surface area contributed by atoms with Crippen molar-refractivity contribution in [2.45, 2.75) is 58.8 Å². The molecule has 1 atom stereocenters. The Bertz CT molecular complexity index is 235. The van der Waals surface area contributed by atoms with Gasteiger partial charge in [0, 0.05) is 19.5 Å². The van der Waals surface area contributed by atoms with E-state index in [1.54, 1.807) is 0 Å². The van der Waals surface area contributed by atoms with Crippen LogP contribution in [-0.4, -0.2) is 30.4 Å². The molecule has 1 saturated heterocycles. The largest absolute Gasteiger partial charge is 0.343 e. The molecule has 1 rings (SSSR count). The summed E-state index contributed by atoms with van der Waals surface area (Å²) in [6, 6.07) is 0. The topological polar surface area (TPSA) is 46.3 Å². The van der Waals surface area contributed by atoms with Crippen molar-refractivity contribution >= 4 is 5.91 Å². The van der Waals surface area contributed by atoms with Gasteiger partial charge in [0.05, 0.1) is 0 Å². The van der Waals surface area contributed by atoms with E-state index in [4.69, 9.17) is 5.73 Å². The van der Waals surface area contributed by atoms with Crippen molar-refractivity contribution in [2.24, 2.45) is 17.6 Å². The van der Waals surface area contributed by atoms with E-state index in [-0.39, 0.29) is 0 Å². The second kappa shape index (κ2) is 8.52. The fourth-order valence-electron chi connectivity index (χ4n) is 2.86. The van der Waals surface area contributed by atoms with Gasteiger partial charge >= 0.3 is 0 Å². The highest BCUT2D eigenvalue weighted by molar-refractivity contribution is 5.76. The summed E-state index contributed by atoms with van der Waals surface area (Å²) >= 11 is 0. The molecule has 106 valence electrons. The van der Waals surface area contributed by atoms with Crippen LogP contribution in [0, 0.1) is 11.8 Å². The summed E-state index contributed by atoms with van der Waals surface area (Å²) in [4.78, 5) is 14.2. The maximum absolute atomic E-state index is 12.1. The van der Waals surface area contributed by atoms with Crippen LogP contribution in [0.5, 0.6) is 0 Å². The summed E-state index contributed by atoms with van der Waals surface area (Å²) < 4.78 is 0. The molecule has 0 aromatic heterocycles. The Balaban J connectivity index is 2.24. The summed E-state index contributed by atoms with van der Waals surface area (Å²) in [5, 5.41) is 0. The molecule has 1 heterocycles. The van der Waals surface area contributed by atoms with Crippen molar-refractivity contribution in [3.8, 4) is 0 Å². The van der Waals surface area contributed by atoms with Gasteiger partial charge in [0.15, 0.2) is 0 Å². The van der Waals surface area contributed by atoms with E-state index in [2.05, 4.69) is 18.7 Å². The lowest BCUT2D eigenvalue weighted by Crippen LogP contribution is -2.38. The highest BCUT2D eigenvalue weighted by Crippen LogP contribution is 2.22. The molecule has 0 bridgehead atoms. The van der Waals surface area contributed by atoms with E-state index in [9.17, 15) is 4.79 Å². The first-order valence-corrected chi connectivity index (χ1v) is 7.69. The van der Waals surface area contributed by atoms with Crippen LogP contribution in [0.15, 0.2) is 0 Å². The van der Waals surface area contributed by atoms with Crippen LogP contribution in [0.3, 0.4) is 0 Å². The van der Waals surface area contributed by atoms with Gasteiger partial charge in [0.2, 0.25) is 5.91 Å². The zero-order valence-corrected chi connectivity index (χ0v) is 12.2. The number of nitrogens with zero attached hydrogens (tertiary/aromatic N) is 1. The van der Waals surface area contributed by atoms with Crippen molar-refractivity contribution in [3.05, 3.63) is 0 Å². The predicted octanol–water partition coefficient (Wildman–Crippen LogP) is 2.79. The van der Waals surface area contributed by atoms with Crippen LogP contribution in [-0.2, 0) is 4.79 Å². The van der Waals surface area contributed by atoms with Crippen LogP contribution < -0.4 is 5.73 Å². The van der Waals surface area contributed by atoms with Gasteiger partial charge in [-0.25, -0.2) is 0 Å². The van der Waals surface area contributed by atoms with Crippen LogP contribution >= 0.6 is 0 Å². The number of piperidine rings is 1. The number of hydrogen-bond donors (Lipinski definition) is 1. The summed E-state index contributed by atoms with van der Waals surface area (Å²) in [6.45, 7) is 7.14. The lowest BCUT2D eigenvalue weighted by molar-refractivity contribution is -0.132. The van der Waals surface area contributed by atoms with E-state index in [0.717, 1.165) is 51.2 Å². The van der Waals surface area contributed by atoms with Gasteiger partial charge in [-0.1, -0.05) is 26.7 Å². The Morgan fingerprint density at radius 1 is 1.28 bits per heavy atom. The summed E-state index contributed by atoms with van der Waals surface area (Å²) in [6.07, 6.45) is 7.58. The molecular formula is C15H30N2O. The molecule has 2 N–H and O–H groups in total. The van der Waals surface area contributed by atoms with Crippen molar-refractivity contribution in [1.29, 1.82) is 0 Å². The van der Waals surface area contributed by atoms with Gasteiger partial charge in [-0.2, -0.15) is 0 Å². The van der Waals surface area contributed by atoms with Gasteiger partial charge in [-0.05, 0) is 44.1 Å². The lowest BCUT2D eigenvalue weighted by Gasteiger charge is -2.32. The Kier molecular flexibility index (Phi) is 7.33. The van der Waals surface area contributed by atoms with Gasteiger partial charge in [0.25, 0.3) is 0 Å². The minimum absolute atomic E-state index is 0.361. The molecule has 0 aliphatic carbocycles. The van der Waals surface area contributed by atoms with Crippen LogP contribution in [0.4, 0.5) is 0 Å². The number of likely N-dealkylation sites (tertiary alicyclic amines) is 1. The highest BCUT2D eigenvalue weighted by atomic mass is 16.2. The Morgan fingerprint density at radius 3 is 2.44 bits per heavy atom. The van der Waals surface area contributed by atoms with E-state index in [1.807, 2.05) is 0 Å². The number of hydrogen-bond acceptors (Lipinski definition) is 2. The molecule has 0 spiro atoms. The summed E-state index contributed by atoms with van der Waals surface area (Å²) in [7, 11) is 0. The maximum Gasteiger partial charge on any atom is 0.222 e. The van der Waals surface area contributed by atoms with Crippen LogP contribution in [0.25, 0.3) is 0 Å². The zero-order chi connectivity index (χ0) is 13.4. The standard InChI is InChI=1S/C15H30N2O/c1-3-13(7-10-16)5-6-15(18)17-11-8-14(4-2)9-12-17/h13-14H,3-12,16H2,1-2H3. The molecule has 1 aliphatic heterocycles. The molecule has 0 aromatic rings. The minimum atomic E-state index is 0.361. The molecule has 1 fully saturated rings. The van der Waals surface area contributed by atoms with E-state index in [0.29, 0.717) is 11.8 Å². The van der Waals surface area contributed by atoms with Crippen LogP contribution in [0.1, 0.15) is 58.8 Å². The quantitative estimate of drug-likeness (QED) is 0.759. The molecule has 0 radical (unpaired) electrons. The fourth-order valence-corrected chi connectivity index (χ4v) is 2.86. The highest BCUT2D eigenvalue weighted by Gasteiger charge is 2.21. The molecule has 3 heteroatoms. The fraction of sp³-hybridized carbons (Fsp3) is 0.933. The number of nitrogens with two attached hydrogens (primary N) is 1. The molecular weight excluding hydrogens is 224 g/mol. The van der Waals surface area contributed by atoms with Gasteiger partial charge < -0.3 is 10.6 Å². The molecule has 1 unspecified atom stereocenters. The van der Waals surface area contributed by atoms with Gasteiger partial charge in [0.1, 0.15) is 0 Å². The predicted molar refractivity (Wildman–Crippen MR) is 76.3 cm³/mol. The smallest absolute Gasteiger partial charge is 0.222 e. The van der Waals surface area contributed by atoms with Crippen molar-refractivity contribution in [3.63, 3.8) is 0 Å². The molecule has 1 aliphatic rings. The Morgan fingerprint density at radius 2 is 1.94 bits per heavy atom. The lowest BCUT2D eigenvalue weighted by atomic mass is 9.93. The average molecular weight is 254 g/mol. The molecule has 0 saturated carbocycles. The molecule has 18 heavy (non-hydrogen) atoms. The number of rotatable bonds is 7. The first kappa shape index (κ1) is 15.5. The van der Waals surface area contributed by atoms with Crippen molar-refractivity contribution < 1.29 is 4.79 Å². The average Bonchev–Trinajstić information content (AvgIpc) is 2.43. The second-order valence-electron chi connectivity index (χ2n) is 5.62. The third-order valence-corrected chi connectivity index (χ3v) is 4.46. The first-order valence-electron chi connectivity index (χ1n) is 7.69. The van der Waals surface area contributed by atoms with E-state index in [1.165, 1.54) is 19.3 Å². The number of carbonyl (C=O) groups is 1. The first-order chi connectivity index (χ1) is 8.71. The Labute approximate surface area is 112 Å².